The number of amides is 8. The molecule has 3 aromatic rings. The number of aliphatic carboxylic acids is 1. The maximum absolute atomic E-state index is 14.3. The molecule has 1 aliphatic heterocycles. The molecule has 21 heteroatoms. The lowest BCUT2D eigenvalue weighted by molar-refractivity contribution is -0.142. The van der Waals surface area contributed by atoms with Crippen LogP contribution >= 0.6 is 0 Å². The van der Waals surface area contributed by atoms with Crippen LogP contribution in [-0.2, 0) is 62.4 Å². The van der Waals surface area contributed by atoms with Gasteiger partial charge in [0.15, 0.2) is 0 Å². The van der Waals surface area contributed by atoms with Gasteiger partial charge in [-0.05, 0) is 85.4 Å². The van der Waals surface area contributed by atoms with Crippen molar-refractivity contribution in [2.24, 2.45) is 23.1 Å². The molecule has 7 atom stereocenters. The van der Waals surface area contributed by atoms with E-state index in [0.717, 1.165) is 5.56 Å². The van der Waals surface area contributed by atoms with E-state index in [2.05, 4.69) is 26.6 Å². The zero-order valence-corrected chi connectivity index (χ0v) is 38.6. The third kappa shape index (κ3) is 17.6. The molecule has 1 aliphatic rings. The number of nitrogens with zero attached hydrogens (tertiary/aromatic N) is 1. The van der Waals surface area contributed by atoms with E-state index in [4.69, 9.17) is 17.2 Å². The summed E-state index contributed by atoms with van der Waals surface area (Å²) in [5.41, 5.74) is 18.8. The summed E-state index contributed by atoms with van der Waals surface area (Å²) in [6.45, 7) is 3.74. The molecule has 0 aliphatic carbocycles. The number of hydrogen-bond donors (Lipinski definition) is 11. The largest absolute Gasteiger partial charge is 0.508 e. The van der Waals surface area contributed by atoms with Crippen molar-refractivity contribution in [3.8, 4) is 11.5 Å². The van der Waals surface area contributed by atoms with E-state index in [9.17, 15) is 58.5 Å². The molecule has 8 amide bonds. The second-order valence-electron chi connectivity index (χ2n) is 17.5. The van der Waals surface area contributed by atoms with Gasteiger partial charge in [0.1, 0.15) is 47.8 Å². The predicted octanol–water partition coefficient (Wildman–Crippen LogP) is -0.470. The lowest BCUT2D eigenvalue weighted by Crippen LogP contribution is -2.60. The fourth-order valence-electron chi connectivity index (χ4n) is 7.79. The molecule has 3 aromatic carbocycles. The number of benzene rings is 3. The number of rotatable bonds is 26. The van der Waals surface area contributed by atoms with Crippen LogP contribution in [0.4, 0.5) is 0 Å². The quantitative estimate of drug-likeness (QED) is 0.0486. The van der Waals surface area contributed by atoms with Gasteiger partial charge in [-0.15, -0.1) is 0 Å². The van der Waals surface area contributed by atoms with Crippen molar-refractivity contribution in [2.45, 2.75) is 120 Å². The summed E-state index contributed by atoms with van der Waals surface area (Å²) < 4.78 is 0. The molecular weight excluding hydrogens is 895 g/mol. The average molecular weight is 958 g/mol. The summed E-state index contributed by atoms with van der Waals surface area (Å²) >= 11 is 0. The first-order valence-corrected chi connectivity index (χ1v) is 22.7. The molecular formula is C48H63N9O12. The Morgan fingerprint density at radius 2 is 1.03 bits per heavy atom. The molecule has 1 heterocycles. The molecule has 1 saturated heterocycles. The number of primary amides is 2. The molecule has 0 radical (unpaired) electrons. The SMILES string of the molecule is CC(C)C[C@H](NC(=O)[C@H](Cc1ccc(O)cc1)NC(=O)[C@H](CCC(N)=O)NC(=O)[C@@H]1CCCN1C(=O)[C@@H](N)Cc1ccccc1)C(=O)N[C@@H](CCC(N)=O)C(=O)N[C@@H](Cc1ccc(O)cc1)C(=O)O. The van der Waals surface area contributed by atoms with Crippen LogP contribution < -0.4 is 43.8 Å². The topological polar surface area (TPSA) is 356 Å². The molecule has 69 heavy (non-hydrogen) atoms. The monoisotopic (exact) mass is 957 g/mol. The van der Waals surface area contributed by atoms with E-state index in [0.29, 0.717) is 17.5 Å². The van der Waals surface area contributed by atoms with Gasteiger partial charge in [0.05, 0.1) is 6.04 Å². The Hall–Kier alpha value is -7.55. The summed E-state index contributed by atoms with van der Waals surface area (Å²) in [4.78, 5) is 121. The number of aromatic hydroxyl groups is 2. The van der Waals surface area contributed by atoms with Gasteiger partial charge in [-0.3, -0.25) is 38.4 Å². The van der Waals surface area contributed by atoms with Gasteiger partial charge in [-0.1, -0.05) is 68.4 Å². The number of carbonyl (C=O) groups is 9. The van der Waals surface area contributed by atoms with Gasteiger partial charge in [0.25, 0.3) is 0 Å². The number of phenols is 2. The van der Waals surface area contributed by atoms with Crippen LogP contribution in [0.2, 0.25) is 0 Å². The molecule has 4 rings (SSSR count). The first-order valence-electron chi connectivity index (χ1n) is 22.7. The number of nitrogens with one attached hydrogen (secondary N) is 5. The van der Waals surface area contributed by atoms with Gasteiger partial charge < -0.3 is 64.0 Å². The van der Waals surface area contributed by atoms with Crippen molar-refractivity contribution < 1.29 is 58.5 Å². The van der Waals surface area contributed by atoms with Crippen LogP contribution in [0.5, 0.6) is 11.5 Å². The van der Waals surface area contributed by atoms with Crippen LogP contribution in [0.15, 0.2) is 78.9 Å². The summed E-state index contributed by atoms with van der Waals surface area (Å²) in [6, 6.07) is 11.2. The Morgan fingerprint density at radius 3 is 1.54 bits per heavy atom. The Labute approximate surface area is 399 Å². The smallest absolute Gasteiger partial charge is 0.326 e. The minimum Gasteiger partial charge on any atom is -0.508 e. The van der Waals surface area contributed by atoms with Crippen molar-refractivity contribution in [1.82, 2.24) is 31.5 Å². The minimum atomic E-state index is -1.51. The summed E-state index contributed by atoms with van der Waals surface area (Å²) in [5.74, 6) is -8.24. The Kier molecular flexibility index (Phi) is 20.5. The van der Waals surface area contributed by atoms with Gasteiger partial charge in [-0.2, -0.15) is 0 Å². The molecule has 372 valence electrons. The third-order valence-corrected chi connectivity index (χ3v) is 11.4. The molecule has 0 bridgehead atoms. The van der Waals surface area contributed by atoms with Crippen molar-refractivity contribution in [2.75, 3.05) is 6.54 Å². The van der Waals surface area contributed by atoms with Crippen LogP contribution in [0.3, 0.4) is 0 Å². The van der Waals surface area contributed by atoms with Gasteiger partial charge in [0, 0.05) is 32.2 Å². The van der Waals surface area contributed by atoms with E-state index >= 15 is 0 Å². The Balaban J connectivity index is 1.56. The van der Waals surface area contributed by atoms with Crippen molar-refractivity contribution in [1.29, 1.82) is 0 Å². The fourth-order valence-corrected chi connectivity index (χ4v) is 7.79. The Morgan fingerprint density at radius 1 is 0.594 bits per heavy atom. The lowest BCUT2D eigenvalue weighted by Gasteiger charge is -2.29. The van der Waals surface area contributed by atoms with E-state index < -0.39 is 95.5 Å². The number of likely N-dealkylation sites (tertiary alicyclic amines) is 1. The summed E-state index contributed by atoms with van der Waals surface area (Å²) in [5, 5.41) is 42.3. The van der Waals surface area contributed by atoms with E-state index in [1.54, 1.807) is 13.8 Å². The minimum absolute atomic E-state index is 0.0108. The highest BCUT2D eigenvalue weighted by Gasteiger charge is 2.39. The van der Waals surface area contributed by atoms with Crippen LogP contribution in [0.25, 0.3) is 0 Å². The molecule has 21 nitrogen and oxygen atoms in total. The third-order valence-electron chi connectivity index (χ3n) is 11.4. The first kappa shape index (κ1) is 54.1. The number of hydrogen-bond acceptors (Lipinski definition) is 12. The highest BCUT2D eigenvalue weighted by molar-refractivity contribution is 5.97. The van der Waals surface area contributed by atoms with E-state index in [1.807, 2.05) is 30.3 Å². The predicted molar refractivity (Wildman–Crippen MR) is 250 cm³/mol. The van der Waals surface area contributed by atoms with Crippen LogP contribution in [-0.4, -0.2) is 122 Å². The number of carbonyl (C=O) groups excluding carboxylic acids is 8. The summed E-state index contributed by atoms with van der Waals surface area (Å²) in [7, 11) is 0. The highest BCUT2D eigenvalue weighted by Crippen LogP contribution is 2.21. The zero-order chi connectivity index (χ0) is 50.8. The van der Waals surface area contributed by atoms with E-state index in [1.165, 1.54) is 53.4 Å². The fraction of sp³-hybridized carbons (Fsp3) is 0.438. The second kappa shape index (κ2) is 26.1. The molecule has 0 saturated carbocycles. The van der Waals surface area contributed by atoms with Crippen molar-refractivity contribution in [3.63, 3.8) is 0 Å². The van der Waals surface area contributed by atoms with Crippen LogP contribution in [0.1, 0.15) is 75.5 Å². The van der Waals surface area contributed by atoms with Gasteiger partial charge in [-0.25, -0.2) is 4.79 Å². The highest BCUT2D eigenvalue weighted by atomic mass is 16.4. The number of phenolic OH excluding ortho intramolecular Hbond substituents is 2. The standard InChI is InChI=1S/C48H63N9O12/c1-27(2)23-36(44(64)52-34(18-20-40(50)60)43(63)56-38(48(68)69)26-30-12-16-32(59)17-13-30)54-45(65)37(25-29-10-14-31(58)15-11-29)55-42(62)35(19-21-41(51)61)53-46(66)39-9-6-22-57(39)47(67)33(49)24-28-7-4-3-5-8-28/h3-5,7-8,10-17,27,33-39,58-59H,6,9,18-26,49H2,1-2H3,(H2,50,60)(H2,51,61)(H,52,64)(H,53,66)(H,54,65)(H,55,62)(H,56,63)(H,68,69)/t33-,34-,35-,36-,37-,38-,39-/m0/s1. The molecule has 0 aromatic heterocycles. The summed E-state index contributed by atoms with van der Waals surface area (Å²) in [6.07, 6.45) is -0.845. The van der Waals surface area contributed by atoms with Gasteiger partial charge >= 0.3 is 5.97 Å². The molecule has 14 N–H and O–H groups in total. The normalized spacial score (nSPS) is 15.9. The first-order chi connectivity index (χ1) is 32.7. The maximum atomic E-state index is 14.3. The van der Waals surface area contributed by atoms with Crippen LogP contribution in [0, 0.1) is 5.92 Å². The molecule has 0 unspecified atom stereocenters. The maximum Gasteiger partial charge on any atom is 0.326 e. The number of carboxylic acids is 1. The average Bonchev–Trinajstić information content (AvgIpc) is 3.80. The second-order valence-corrected chi connectivity index (χ2v) is 17.5. The van der Waals surface area contributed by atoms with E-state index in [-0.39, 0.29) is 81.7 Å². The van der Waals surface area contributed by atoms with Gasteiger partial charge in [0.2, 0.25) is 47.3 Å². The lowest BCUT2D eigenvalue weighted by atomic mass is 9.99. The molecule has 1 fully saturated rings. The molecule has 0 spiro atoms. The van der Waals surface area contributed by atoms with Crippen molar-refractivity contribution >= 4 is 53.2 Å². The zero-order valence-electron chi connectivity index (χ0n) is 38.6. The number of carboxylic acid groups (broad SMARTS) is 1. The number of nitrogens with two attached hydrogens (primary N) is 3. The van der Waals surface area contributed by atoms with Crippen molar-refractivity contribution in [3.05, 3.63) is 95.6 Å². The Bertz CT molecular complexity index is 2280.